The Morgan fingerprint density at radius 1 is 1.47 bits per heavy atom. The lowest BCUT2D eigenvalue weighted by Crippen LogP contribution is -1.95. The van der Waals surface area contributed by atoms with Crippen molar-refractivity contribution in [1.29, 1.82) is 0 Å². The largest absolute Gasteiger partial charge is 0.497 e. The molecule has 2 aromatic rings. The molecule has 0 saturated heterocycles. The fourth-order valence-corrected chi connectivity index (χ4v) is 2.28. The van der Waals surface area contributed by atoms with Crippen molar-refractivity contribution in [2.45, 2.75) is 11.0 Å². The molecular weight excluding hydrogens is 260 g/mol. The number of nitrogens with zero attached hydrogens (tertiary/aromatic N) is 1. The van der Waals surface area contributed by atoms with Gasteiger partial charge in [-0.1, -0.05) is 23.6 Å². The van der Waals surface area contributed by atoms with Gasteiger partial charge in [-0.3, -0.25) is 0 Å². The zero-order valence-electron chi connectivity index (χ0n) is 10.6. The highest BCUT2D eigenvalue weighted by Gasteiger charge is 2.06. The quantitative estimate of drug-likeness (QED) is 0.684. The van der Waals surface area contributed by atoms with E-state index in [2.05, 4.69) is 16.8 Å². The molecule has 0 fully saturated rings. The van der Waals surface area contributed by atoms with Gasteiger partial charge in [0.2, 0.25) is 0 Å². The van der Waals surface area contributed by atoms with Crippen LogP contribution in [0.5, 0.6) is 5.75 Å². The van der Waals surface area contributed by atoms with E-state index in [0.29, 0.717) is 17.5 Å². The Labute approximate surface area is 116 Å². The third kappa shape index (κ3) is 3.78. The molecule has 0 amide bonds. The average Bonchev–Trinajstić information content (AvgIpc) is 2.96. The van der Waals surface area contributed by atoms with Crippen LogP contribution in [0, 0.1) is 11.8 Å². The lowest BCUT2D eigenvalue weighted by Gasteiger charge is -2.06. The maximum absolute atomic E-state index is 5.41. The molecule has 19 heavy (non-hydrogen) atoms. The first-order valence-electron chi connectivity index (χ1n) is 5.71. The second kappa shape index (κ2) is 6.88. The summed E-state index contributed by atoms with van der Waals surface area (Å²) in [4.78, 5) is 4.07. The van der Waals surface area contributed by atoms with Crippen LogP contribution in [0.25, 0.3) is 0 Å². The number of hydrogen-bond donors (Lipinski definition) is 1. The van der Waals surface area contributed by atoms with Gasteiger partial charge in [-0.2, -0.15) is 0 Å². The molecule has 98 valence electrons. The normalized spacial score (nSPS) is 9.79. The summed E-state index contributed by atoms with van der Waals surface area (Å²) in [5.41, 5.74) is 7.43. The van der Waals surface area contributed by atoms with E-state index in [1.165, 1.54) is 11.8 Å². The Balaban J connectivity index is 2.19. The summed E-state index contributed by atoms with van der Waals surface area (Å²) in [6, 6.07) is 5.79. The minimum Gasteiger partial charge on any atom is -0.497 e. The van der Waals surface area contributed by atoms with Gasteiger partial charge in [0.05, 0.1) is 19.9 Å². The van der Waals surface area contributed by atoms with Crippen LogP contribution < -0.4 is 10.5 Å². The van der Waals surface area contributed by atoms with Crippen LogP contribution in [0.15, 0.2) is 40.3 Å². The van der Waals surface area contributed by atoms with Crippen LogP contribution in [0.2, 0.25) is 0 Å². The van der Waals surface area contributed by atoms with Gasteiger partial charge in [-0.15, -0.1) is 0 Å². The Bertz CT molecular complexity index is 585. The van der Waals surface area contributed by atoms with Crippen molar-refractivity contribution in [2.24, 2.45) is 5.73 Å². The molecule has 0 spiro atoms. The SMILES string of the molecule is COc1ccc(C#CCN)c(CSc2ncco2)c1. The van der Waals surface area contributed by atoms with Crippen molar-refractivity contribution in [3.8, 4) is 17.6 Å². The third-order valence-electron chi connectivity index (χ3n) is 2.40. The number of methoxy groups -OCH3 is 1. The maximum atomic E-state index is 5.41. The molecular formula is C14H14N2O2S. The second-order valence-corrected chi connectivity index (χ2v) is 4.54. The van der Waals surface area contributed by atoms with Crippen LogP contribution in [0.3, 0.4) is 0 Å². The maximum Gasteiger partial charge on any atom is 0.255 e. The van der Waals surface area contributed by atoms with Crippen molar-refractivity contribution in [1.82, 2.24) is 4.98 Å². The molecule has 0 radical (unpaired) electrons. The topological polar surface area (TPSA) is 61.3 Å². The molecule has 5 heteroatoms. The predicted octanol–water partition coefficient (Wildman–Crippen LogP) is 2.29. The first-order valence-corrected chi connectivity index (χ1v) is 6.70. The van der Waals surface area contributed by atoms with E-state index in [4.69, 9.17) is 14.9 Å². The van der Waals surface area contributed by atoms with Crippen LogP contribution in [-0.2, 0) is 5.75 Å². The van der Waals surface area contributed by atoms with Crippen molar-refractivity contribution in [3.05, 3.63) is 41.8 Å². The standard InChI is InChI=1S/C14H14N2O2S/c1-17-13-5-4-11(3-2-6-15)12(9-13)10-19-14-16-7-8-18-14/h4-5,7-9H,6,10,15H2,1H3. The molecule has 0 atom stereocenters. The number of nitrogens with two attached hydrogens (primary N) is 1. The Morgan fingerprint density at radius 2 is 2.37 bits per heavy atom. The molecule has 1 aromatic carbocycles. The summed E-state index contributed by atoms with van der Waals surface area (Å²) in [6.07, 6.45) is 3.19. The molecule has 0 aliphatic carbocycles. The number of ether oxygens (including phenoxy) is 1. The smallest absolute Gasteiger partial charge is 0.255 e. The van der Waals surface area contributed by atoms with Gasteiger partial charge < -0.3 is 14.9 Å². The molecule has 1 heterocycles. The molecule has 2 N–H and O–H groups in total. The predicted molar refractivity (Wildman–Crippen MR) is 75.0 cm³/mol. The fraction of sp³-hybridized carbons (Fsp3) is 0.214. The van der Waals surface area contributed by atoms with Crippen LogP contribution in [-0.4, -0.2) is 18.6 Å². The average molecular weight is 274 g/mol. The molecule has 0 saturated carbocycles. The van der Waals surface area contributed by atoms with E-state index in [0.717, 1.165) is 16.9 Å². The Morgan fingerprint density at radius 3 is 3.05 bits per heavy atom. The molecule has 0 aliphatic heterocycles. The summed E-state index contributed by atoms with van der Waals surface area (Å²) >= 11 is 1.51. The van der Waals surface area contributed by atoms with Crippen molar-refractivity contribution >= 4 is 11.8 Å². The molecule has 0 bridgehead atoms. The number of aromatic nitrogens is 1. The van der Waals surface area contributed by atoms with E-state index in [-0.39, 0.29) is 0 Å². The highest BCUT2D eigenvalue weighted by molar-refractivity contribution is 7.98. The molecule has 0 unspecified atom stereocenters. The number of thioether (sulfide) groups is 1. The van der Waals surface area contributed by atoms with Gasteiger partial charge in [-0.05, 0) is 23.8 Å². The third-order valence-corrected chi connectivity index (χ3v) is 3.30. The highest BCUT2D eigenvalue weighted by Crippen LogP contribution is 2.25. The van der Waals surface area contributed by atoms with Gasteiger partial charge >= 0.3 is 0 Å². The van der Waals surface area contributed by atoms with E-state index in [1.807, 2.05) is 18.2 Å². The minimum atomic E-state index is 0.346. The summed E-state index contributed by atoms with van der Waals surface area (Å²) in [7, 11) is 1.64. The van der Waals surface area contributed by atoms with E-state index >= 15 is 0 Å². The number of oxazole rings is 1. The fourth-order valence-electron chi connectivity index (χ4n) is 1.51. The molecule has 0 aliphatic rings. The van der Waals surface area contributed by atoms with Crippen LogP contribution in [0.4, 0.5) is 0 Å². The highest BCUT2D eigenvalue weighted by atomic mass is 32.2. The molecule has 2 rings (SSSR count). The van der Waals surface area contributed by atoms with Gasteiger partial charge in [-0.25, -0.2) is 4.98 Å². The van der Waals surface area contributed by atoms with Crippen molar-refractivity contribution in [2.75, 3.05) is 13.7 Å². The first-order chi connectivity index (χ1) is 9.33. The number of hydrogen-bond acceptors (Lipinski definition) is 5. The summed E-state index contributed by atoms with van der Waals surface area (Å²) in [5, 5.41) is 0.639. The molecule has 1 aromatic heterocycles. The monoisotopic (exact) mass is 274 g/mol. The second-order valence-electron chi connectivity index (χ2n) is 3.62. The van der Waals surface area contributed by atoms with Gasteiger partial charge in [0.25, 0.3) is 5.22 Å². The van der Waals surface area contributed by atoms with Crippen molar-refractivity contribution < 1.29 is 9.15 Å². The van der Waals surface area contributed by atoms with Gasteiger partial charge in [0.15, 0.2) is 0 Å². The van der Waals surface area contributed by atoms with Crippen molar-refractivity contribution in [3.63, 3.8) is 0 Å². The zero-order chi connectivity index (χ0) is 13.5. The molecule has 4 nitrogen and oxygen atoms in total. The van der Waals surface area contributed by atoms with Gasteiger partial charge in [0, 0.05) is 11.3 Å². The number of benzene rings is 1. The van der Waals surface area contributed by atoms with E-state index in [9.17, 15) is 0 Å². The summed E-state index contributed by atoms with van der Waals surface area (Å²) in [6.45, 7) is 0.346. The summed E-state index contributed by atoms with van der Waals surface area (Å²) in [5.74, 6) is 7.45. The number of rotatable bonds is 4. The lowest BCUT2D eigenvalue weighted by atomic mass is 10.1. The Hall–Kier alpha value is -1.90. The van der Waals surface area contributed by atoms with E-state index < -0.39 is 0 Å². The lowest BCUT2D eigenvalue weighted by molar-refractivity contribution is 0.414. The van der Waals surface area contributed by atoms with E-state index in [1.54, 1.807) is 19.6 Å². The van der Waals surface area contributed by atoms with Crippen LogP contribution >= 0.6 is 11.8 Å². The minimum absolute atomic E-state index is 0.346. The first kappa shape index (κ1) is 13.5. The Kier molecular flexibility index (Phi) is 4.90. The summed E-state index contributed by atoms with van der Waals surface area (Å²) < 4.78 is 10.4. The zero-order valence-corrected chi connectivity index (χ0v) is 11.4. The van der Waals surface area contributed by atoms with Gasteiger partial charge in [0.1, 0.15) is 12.0 Å². The van der Waals surface area contributed by atoms with Crippen LogP contribution in [0.1, 0.15) is 11.1 Å².